The van der Waals surface area contributed by atoms with Gasteiger partial charge in [-0.1, -0.05) is 54.2 Å². The van der Waals surface area contributed by atoms with Gasteiger partial charge in [-0.15, -0.1) is 0 Å². The molecule has 0 aliphatic carbocycles. The molecule has 0 aromatic heterocycles. The predicted octanol–water partition coefficient (Wildman–Crippen LogP) is 4.37. The molecule has 0 radical (unpaired) electrons. The highest BCUT2D eigenvalue weighted by Crippen LogP contribution is 2.37. The number of nitriles is 1. The van der Waals surface area contributed by atoms with Gasteiger partial charge in [0.15, 0.2) is 0 Å². The second kappa shape index (κ2) is 5.47. The highest BCUT2D eigenvalue weighted by molar-refractivity contribution is 8.18. The summed E-state index contributed by atoms with van der Waals surface area (Å²) in [5, 5.41) is 22.2. The third-order valence-electron chi connectivity index (χ3n) is 3.38. The minimum Gasteiger partial charge on any atom is -0.348 e. The fourth-order valence-corrected chi connectivity index (χ4v) is 3.21. The molecule has 0 atom stereocenters. The molecule has 3 nitrogen and oxygen atoms in total. The first-order chi connectivity index (χ1) is 10.2. The van der Waals surface area contributed by atoms with Crippen LogP contribution in [0.5, 0.6) is 0 Å². The zero-order valence-corrected chi connectivity index (χ0v) is 12.3. The number of aryl methyl sites for hydroxylation is 1. The summed E-state index contributed by atoms with van der Waals surface area (Å²) in [4.78, 5) is 0. The lowest BCUT2D eigenvalue weighted by Gasteiger charge is -2.22. The molecule has 0 bridgehead atoms. The molecule has 2 N–H and O–H groups in total. The third kappa shape index (κ3) is 2.44. The summed E-state index contributed by atoms with van der Waals surface area (Å²) < 4.78 is 0. The Morgan fingerprint density at radius 2 is 1.86 bits per heavy atom. The summed E-state index contributed by atoms with van der Waals surface area (Å²) in [6, 6.07) is 17.8. The maximum absolute atomic E-state index is 9.56. The van der Waals surface area contributed by atoms with E-state index in [0.717, 1.165) is 27.4 Å². The molecule has 0 spiro atoms. The minimum atomic E-state index is 0.459. The Balaban J connectivity index is 2.13. The second-order valence-electron chi connectivity index (χ2n) is 4.73. The number of para-hydroxylation sites is 1. The van der Waals surface area contributed by atoms with Crippen molar-refractivity contribution in [1.82, 2.24) is 0 Å². The molecule has 0 saturated carbocycles. The lowest BCUT2D eigenvalue weighted by Crippen LogP contribution is -2.12. The van der Waals surface area contributed by atoms with E-state index >= 15 is 0 Å². The largest absolute Gasteiger partial charge is 0.348 e. The number of rotatable bonds is 1. The predicted molar refractivity (Wildman–Crippen MR) is 88.2 cm³/mol. The van der Waals surface area contributed by atoms with Crippen molar-refractivity contribution in [3.8, 4) is 6.07 Å². The Morgan fingerprint density at radius 1 is 1.14 bits per heavy atom. The van der Waals surface area contributed by atoms with E-state index in [-0.39, 0.29) is 0 Å². The van der Waals surface area contributed by atoms with Gasteiger partial charge in [0.05, 0.1) is 10.6 Å². The molecule has 2 aromatic rings. The van der Waals surface area contributed by atoms with Gasteiger partial charge in [0, 0.05) is 11.3 Å². The molecular weight excluding hydrogens is 278 g/mol. The smallest absolute Gasteiger partial charge is 0.103 e. The van der Waals surface area contributed by atoms with Crippen LogP contribution < -0.4 is 5.32 Å². The summed E-state index contributed by atoms with van der Waals surface area (Å²) in [5.41, 5.74) is 4.28. The SMILES string of the molecule is Cc1ccccc1/C(C#N)=C1/Nc2ccccc2C(=N)S1. The van der Waals surface area contributed by atoms with E-state index in [1.165, 1.54) is 11.8 Å². The highest BCUT2D eigenvalue weighted by atomic mass is 32.2. The fourth-order valence-electron chi connectivity index (χ4n) is 2.30. The van der Waals surface area contributed by atoms with Crippen LogP contribution in [0.15, 0.2) is 53.6 Å². The summed E-state index contributed by atoms with van der Waals surface area (Å²) in [6.45, 7) is 1.99. The molecule has 21 heavy (non-hydrogen) atoms. The molecule has 3 rings (SSSR count). The number of nitrogens with one attached hydrogen (secondary N) is 2. The topological polar surface area (TPSA) is 59.7 Å². The van der Waals surface area contributed by atoms with E-state index < -0.39 is 0 Å². The average molecular weight is 291 g/mol. The van der Waals surface area contributed by atoms with Gasteiger partial charge in [0.25, 0.3) is 0 Å². The van der Waals surface area contributed by atoms with Crippen LogP contribution in [0.2, 0.25) is 0 Å². The number of benzene rings is 2. The number of thioether (sulfide) groups is 1. The van der Waals surface area contributed by atoms with Gasteiger partial charge in [0.1, 0.15) is 11.1 Å². The number of nitrogens with zero attached hydrogens (tertiary/aromatic N) is 1. The Morgan fingerprint density at radius 3 is 2.62 bits per heavy atom. The zero-order chi connectivity index (χ0) is 14.8. The normalized spacial score (nSPS) is 15.7. The van der Waals surface area contributed by atoms with Gasteiger partial charge in [0.2, 0.25) is 0 Å². The number of allylic oxidation sites excluding steroid dienone is 1. The first kappa shape index (κ1) is 13.5. The molecule has 0 fully saturated rings. The van der Waals surface area contributed by atoms with E-state index in [2.05, 4.69) is 11.4 Å². The van der Waals surface area contributed by atoms with Crippen LogP contribution in [0, 0.1) is 23.7 Å². The summed E-state index contributed by atoms with van der Waals surface area (Å²) in [7, 11) is 0. The van der Waals surface area contributed by atoms with Crippen LogP contribution in [0.1, 0.15) is 16.7 Å². The van der Waals surface area contributed by atoms with Crippen molar-refractivity contribution >= 4 is 28.1 Å². The van der Waals surface area contributed by atoms with Crippen molar-refractivity contribution < 1.29 is 0 Å². The van der Waals surface area contributed by atoms with Crippen LogP contribution >= 0.6 is 11.8 Å². The third-order valence-corrected chi connectivity index (χ3v) is 4.31. The average Bonchev–Trinajstić information content (AvgIpc) is 2.50. The van der Waals surface area contributed by atoms with E-state index in [1.54, 1.807) is 0 Å². The van der Waals surface area contributed by atoms with E-state index in [4.69, 9.17) is 5.41 Å². The Bertz CT molecular complexity index is 800. The van der Waals surface area contributed by atoms with Gasteiger partial charge < -0.3 is 5.32 Å². The fraction of sp³-hybridized carbons (Fsp3) is 0.0588. The molecule has 1 heterocycles. The molecule has 1 aliphatic heterocycles. The maximum Gasteiger partial charge on any atom is 0.103 e. The first-order valence-corrected chi connectivity index (χ1v) is 7.35. The van der Waals surface area contributed by atoms with Crippen molar-refractivity contribution in [3.63, 3.8) is 0 Å². The lowest BCUT2D eigenvalue weighted by atomic mass is 10.0. The van der Waals surface area contributed by atoms with Crippen molar-refractivity contribution in [2.75, 3.05) is 5.32 Å². The molecule has 0 unspecified atom stereocenters. The van der Waals surface area contributed by atoms with E-state index in [9.17, 15) is 5.26 Å². The number of hydrogen-bond acceptors (Lipinski definition) is 4. The van der Waals surface area contributed by atoms with Crippen LogP contribution in [0.3, 0.4) is 0 Å². The van der Waals surface area contributed by atoms with Crippen molar-refractivity contribution in [2.24, 2.45) is 0 Å². The van der Waals surface area contributed by atoms with E-state index in [0.29, 0.717) is 10.6 Å². The molecule has 2 aromatic carbocycles. The van der Waals surface area contributed by atoms with Crippen molar-refractivity contribution in [3.05, 3.63) is 70.3 Å². The number of hydrogen-bond donors (Lipinski definition) is 2. The zero-order valence-electron chi connectivity index (χ0n) is 11.5. The Kier molecular flexibility index (Phi) is 3.51. The molecule has 1 aliphatic rings. The van der Waals surface area contributed by atoms with Crippen LogP contribution in [-0.2, 0) is 0 Å². The van der Waals surface area contributed by atoms with Crippen LogP contribution in [0.4, 0.5) is 5.69 Å². The number of fused-ring (bicyclic) bond motifs is 1. The first-order valence-electron chi connectivity index (χ1n) is 6.54. The second-order valence-corrected chi connectivity index (χ2v) is 5.75. The summed E-state index contributed by atoms with van der Waals surface area (Å²) >= 11 is 1.29. The van der Waals surface area contributed by atoms with Gasteiger partial charge in [-0.2, -0.15) is 5.26 Å². The van der Waals surface area contributed by atoms with Crippen molar-refractivity contribution in [1.29, 1.82) is 10.7 Å². The van der Waals surface area contributed by atoms with Gasteiger partial charge in [-0.3, -0.25) is 5.41 Å². The maximum atomic E-state index is 9.56. The monoisotopic (exact) mass is 291 g/mol. The highest BCUT2D eigenvalue weighted by Gasteiger charge is 2.21. The van der Waals surface area contributed by atoms with Gasteiger partial charge in [-0.25, -0.2) is 0 Å². The molecule has 102 valence electrons. The Labute approximate surface area is 127 Å². The number of anilines is 1. The van der Waals surface area contributed by atoms with Crippen LogP contribution in [-0.4, -0.2) is 5.04 Å². The molecule has 0 amide bonds. The van der Waals surface area contributed by atoms with Gasteiger partial charge >= 0.3 is 0 Å². The lowest BCUT2D eigenvalue weighted by molar-refractivity contribution is 1.40. The molecule has 0 saturated heterocycles. The minimum absolute atomic E-state index is 0.459. The quantitative estimate of drug-likeness (QED) is 0.767. The molecule has 4 heteroatoms. The van der Waals surface area contributed by atoms with E-state index in [1.807, 2.05) is 55.5 Å². The summed E-state index contributed by atoms with van der Waals surface area (Å²) in [6.07, 6.45) is 0. The Hall–Kier alpha value is -2.51. The standard InChI is InChI=1S/C17H13N3S/c1-11-6-2-3-7-12(11)14(10-18)17-20-15-9-5-4-8-13(15)16(19)21-17/h2-9,19-20H,1H3/b17-14-,19-16?. The molecular formula is C17H13N3S. The van der Waals surface area contributed by atoms with Crippen molar-refractivity contribution in [2.45, 2.75) is 6.92 Å². The van der Waals surface area contributed by atoms with Crippen LogP contribution in [0.25, 0.3) is 5.57 Å². The summed E-state index contributed by atoms with van der Waals surface area (Å²) in [5.74, 6) is 0. The van der Waals surface area contributed by atoms with Gasteiger partial charge in [-0.05, 0) is 24.1 Å².